The van der Waals surface area contributed by atoms with E-state index in [0.29, 0.717) is 25.1 Å². The molecule has 3 aromatic rings. The van der Waals surface area contributed by atoms with Gasteiger partial charge in [0.25, 0.3) is 0 Å². The first-order valence-corrected chi connectivity index (χ1v) is 15.1. The zero-order valence-electron chi connectivity index (χ0n) is 25.2. The molecule has 3 N–H and O–H groups in total. The number of rotatable bonds is 15. The van der Waals surface area contributed by atoms with Gasteiger partial charge in [0.15, 0.2) is 6.29 Å². The van der Waals surface area contributed by atoms with Gasteiger partial charge in [-0.25, -0.2) is 0 Å². The Balaban J connectivity index is 1.38. The molecular weight excluding hydrogens is 544 g/mol. The summed E-state index contributed by atoms with van der Waals surface area (Å²) < 4.78 is 13.0. The lowest BCUT2D eigenvalue weighted by molar-refractivity contribution is -0.252. The number of hydrogen-bond donors (Lipinski definition) is 3. The highest BCUT2D eigenvalue weighted by Gasteiger charge is 2.33. The summed E-state index contributed by atoms with van der Waals surface area (Å²) in [5, 5.41) is 15.3. The van der Waals surface area contributed by atoms with Crippen LogP contribution in [-0.2, 0) is 32.1 Å². The van der Waals surface area contributed by atoms with Crippen molar-refractivity contribution in [2.24, 2.45) is 0 Å². The van der Waals surface area contributed by atoms with Crippen molar-refractivity contribution in [2.75, 3.05) is 32.0 Å². The van der Waals surface area contributed by atoms with E-state index in [1.807, 2.05) is 72.9 Å². The van der Waals surface area contributed by atoms with Crippen molar-refractivity contribution in [2.45, 2.75) is 70.6 Å². The first-order valence-electron chi connectivity index (χ1n) is 15.1. The predicted octanol–water partition coefficient (Wildman–Crippen LogP) is 4.93. The van der Waals surface area contributed by atoms with Gasteiger partial charge in [-0.1, -0.05) is 48.9 Å². The number of unbranched alkanes of at least 4 members (excludes halogenated alkanes) is 2. The molecule has 9 nitrogen and oxygen atoms in total. The summed E-state index contributed by atoms with van der Waals surface area (Å²) in [6.07, 6.45) is 5.40. The van der Waals surface area contributed by atoms with Gasteiger partial charge in [0.05, 0.1) is 18.8 Å². The number of amides is 2. The Hall–Kier alpha value is -3.63. The molecule has 2 amide bonds. The number of anilines is 1. The number of aliphatic hydroxyl groups is 1. The fourth-order valence-electron chi connectivity index (χ4n) is 5.16. The molecule has 1 aliphatic rings. The molecule has 3 atom stereocenters. The number of nitrogens with zero attached hydrogens (tertiary/aromatic N) is 2. The normalized spacial score (nSPS) is 18.4. The average Bonchev–Trinajstić information content (AvgIpc) is 3.02. The van der Waals surface area contributed by atoms with Crippen LogP contribution in [0.15, 0.2) is 72.9 Å². The lowest BCUT2D eigenvalue weighted by Gasteiger charge is -2.38. The highest BCUT2D eigenvalue weighted by Crippen LogP contribution is 2.38. The number of nitrogens with one attached hydrogen (secondary N) is 2. The van der Waals surface area contributed by atoms with E-state index in [1.165, 1.54) is 6.92 Å². The van der Waals surface area contributed by atoms with Crippen molar-refractivity contribution in [3.63, 3.8) is 0 Å². The Morgan fingerprint density at radius 2 is 1.84 bits per heavy atom. The molecule has 1 saturated heterocycles. The fourth-order valence-corrected chi connectivity index (χ4v) is 5.16. The molecule has 0 bridgehead atoms. The minimum Gasteiger partial charge on any atom is -0.392 e. The van der Waals surface area contributed by atoms with E-state index in [2.05, 4.69) is 27.6 Å². The molecule has 0 saturated carbocycles. The summed E-state index contributed by atoms with van der Waals surface area (Å²) in [5.41, 5.74) is 4.49. The maximum atomic E-state index is 12.6. The molecule has 43 heavy (non-hydrogen) atoms. The second kappa shape index (κ2) is 16.9. The van der Waals surface area contributed by atoms with Crippen LogP contribution in [0.3, 0.4) is 0 Å². The van der Waals surface area contributed by atoms with Gasteiger partial charge in [-0.15, -0.1) is 0 Å². The quantitative estimate of drug-likeness (QED) is 0.216. The van der Waals surface area contributed by atoms with Crippen LogP contribution >= 0.6 is 0 Å². The third-order valence-electron chi connectivity index (χ3n) is 7.50. The summed E-state index contributed by atoms with van der Waals surface area (Å²) in [7, 11) is 2.10. The van der Waals surface area contributed by atoms with Crippen molar-refractivity contribution < 1.29 is 24.2 Å². The maximum Gasteiger partial charge on any atom is 0.224 e. The molecule has 2 aromatic carbocycles. The molecule has 4 rings (SSSR count). The topological polar surface area (TPSA) is 113 Å². The zero-order chi connectivity index (χ0) is 30.4. The van der Waals surface area contributed by atoms with Crippen LogP contribution in [0.4, 0.5) is 5.69 Å². The molecule has 1 aromatic heterocycles. The van der Waals surface area contributed by atoms with Crippen LogP contribution in [0.2, 0.25) is 0 Å². The SMILES string of the molecule is CC(=O)NCCCCCC(=O)Nc1cccc([C@H]2O[C@@H](CN(C)CCc3ccccn3)C[C@@H](c3ccc(CO)cc3)O2)c1. The van der Waals surface area contributed by atoms with Crippen molar-refractivity contribution >= 4 is 17.5 Å². The summed E-state index contributed by atoms with van der Waals surface area (Å²) in [6, 6.07) is 21.5. The van der Waals surface area contributed by atoms with E-state index in [4.69, 9.17) is 9.47 Å². The van der Waals surface area contributed by atoms with Gasteiger partial charge >= 0.3 is 0 Å². The molecule has 0 spiro atoms. The van der Waals surface area contributed by atoms with Gasteiger partial charge in [0, 0.05) is 69.0 Å². The summed E-state index contributed by atoms with van der Waals surface area (Å²) in [4.78, 5) is 30.3. The van der Waals surface area contributed by atoms with Crippen LogP contribution in [0.25, 0.3) is 0 Å². The zero-order valence-corrected chi connectivity index (χ0v) is 25.2. The summed E-state index contributed by atoms with van der Waals surface area (Å²) in [6.45, 7) is 3.72. The molecule has 0 aliphatic carbocycles. The number of carbonyl (C=O) groups is 2. The average molecular weight is 589 g/mol. The van der Waals surface area contributed by atoms with Crippen molar-refractivity contribution in [1.82, 2.24) is 15.2 Å². The van der Waals surface area contributed by atoms with E-state index in [-0.39, 0.29) is 30.6 Å². The smallest absolute Gasteiger partial charge is 0.224 e. The summed E-state index contributed by atoms with van der Waals surface area (Å²) in [5.74, 6) is -0.0789. The molecule has 9 heteroatoms. The number of carbonyl (C=O) groups excluding carboxylic acids is 2. The number of benzene rings is 2. The van der Waals surface area contributed by atoms with Crippen molar-refractivity contribution in [1.29, 1.82) is 0 Å². The lowest BCUT2D eigenvalue weighted by Crippen LogP contribution is -2.38. The number of likely N-dealkylation sites (N-methyl/N-ethyl adjacent to an activating group) is 1. The highest BCUT2D eigenvalue weighted by molar-refractivity contribution is 5.90. The Bertz CT molecular complexity index is 1290. The Morgan fingerprint density at radius 1 is 1.00 bits per heavy atom. The first kappa shape index (κ1) is 32.3. The third-order valence-corrected chi connectivity index (χ3v) is 7.50. The number of aromatic nitrogens is 1. The standard InChI is InChI=1S/C34H44N4O5/c1-25(40)35-18-6-3-4-12-33(41)37-30-11-8-9-28(21-30)34-42-31(23-38(2)20-17-29-10-5-7-19-36-29)22-32(43-34)27-15-13-26(24-39)14-16-27/h5,7-11,13-16,19,21,31-32,34,39H,3-4,6,12,17-18,20,22-24H2,1-2H3,(H,35,40)(H,37,41)/t31-,32+,34+/m1/s1. The van der Waals surface area contributed by atoms with E-state index in [9.17, 15) is 14.7 Å². The van der Waals surface area contributed by atoms with E-state index >= 15 is 0 Å². The van der Waals surface area contributed by atoms with Crippen molar-refractivity contribution in [3.05, 3.63) is 95.3 Å². The van der Waals surface area contributed by atoms with Gasteiger partial charge in [-0.2, -0.15) is 0 Å². The molecule has 0 radical (unpaired) electrons. The van der Waals surface area contributed by atoms with Crippen LogP contribution < -0.4 is 10.6 Å². The number of pyridine rings is 1. The third kappa shape index (κ3) is 10.9. The van der Waals surface area contributed by atoms with Gasteiger partial charge in [-0.3, -0.25) is 14.6 Å². The summed E-state index contributed by atoms with van der Waals surface area (Å²) >= 11 is 0. The molecule has 2 heterocycles. The van der Waals surface area contributed by atoms with Gasteiger partial charge in [-0.05, 0) is 55.3 Å². The molecule has 0 unspecified atom stereocenters. The monoisotopic (exact) mass is 588 g/mol. The number of ether oxygens (including phenoxy) is 2. The fraction of sp³-hybridized carbons (Fsp3) is 0.441. The van der Waals surface area contributed by atoms with Crippen LogP contribution in [0.5, 0.6) is 0 Å². The molecule has 1 fully saturated rings. The van der Waals surface area contributed by atoms with E-state index < -0.39 is 6.29 Å². The van der Waals surface area contributed by atoms with Crippen LogP contribution in [0.1, 0.15) is 73.8 Å². The van der Waals surface area contributed by atoms with E-state index in [1.54, 1.807) is 0 Å². The minimum absolute atomic E-state index is 0.00316. The Labute approximate surface area is 254 Å². The maximum absolute atomic E-state index is 12.6. The first-order chi connectivity index (χ1) is 20.9. The number of aliphatic hydroxyl groups excluding tert-OH is 1. The van der Waals surface area contributed by atoms with E-state index in [0.717, 1.165) is 61.2 Å². The second-order valence-electron chi connectivity index (χ2n) is 11.2. The molecule has 1 aliphatic heterocycles. The van der Waals surface area contributed by atoms with Crippen LogP contribution in [0, 0.1) is 0 Å². The Morgan fingerprint density at radius 3 is 2.58 bits per heavy atom. The lowest BCUT2D eigenvalue weighted by atomic mass is 9.99. The van der Waals surface area contributed by atoms with Gasteiger partial charge in [0.1, 0.15) is 0 Å². The second-order valence-corrected chi connectivity index (χ2v) is 11.2. The predicted molar refractivity (Wildman–Crippen MR) is 166 cm³/mol. The Kier molecular flexibility index (Phi) is 12.7. The molecule has 230 valence electrons. The molecular formula is C34H44N4O5. The van der Waals surface area contributed by atoms with Gasteiger partial charge < -0.3 is 30.1 Å². The van der Waals surface area contributed by atoms with Gasteiger partial charge in [0.2, 0.25) is 11.8 Å². The largest absolute Gasteiger partial charge is 0.392 e. The minimum atomic E-state index is -0.601. The van der Waals surface area contributed by atoms with Crippen molar-refractivity contribution in [3.8, 4) is 0 Å². The van der Waals surface area contributed by atoms with Crippen LogP contribution in [-0.4, -0.2) is 59.6 Å². The number of hydrogen-bond acceptors (Lipinski definition) is 7. The highest BCUT2D eigenvalue weighted by atomic mass is 16.7.